The van der Waals surface area contributed by atoms with E-state index in [0.29, 0.717) is 18.0 Å². The number of hydrogen-bond donors (Lipinski definition) is 2. The van der Waals surface area contributed by atoms with E-state index in [0.717, 1.165) is 11.1 Å². The number of amides is 1. The summed E-state index contributed by atoms with van der Waals surface area (Å²) in [6.07, 6.45) is -0.479. The number of rotatable bonds is 2. The number of carbonyl (C=O) groups excluding carboxylic acids is 1. The van der Waals surface area contributed by atoms with E-state index in [1.54, 1.807) is 6.92 Å². The molecule has 1 rings (SSSR count). The maximum atomic E-state index is 11.2. The lowest BCUT2D eigenvalue weighted by molar-refractivity contribution is 0.168. The number of ether oxygens (including phenoxy) is 1. The summed E-state index contributed by atoms with van der Waals surface area (Å²) in [5, 5.41) is 2.59. The van der Waals surface area contributed by atoms with E-state index in [1.165, 1.54) is 0 Å². The molecule has 0 heterocycles. The molecule has 1 amide bonds. The van der Waals surface area contributed by atoms with Gasteiger partial charge >= 0.3 is 6.09 Å². The minimum Gasteiger partial charge on any atom is -0.450 e. The number of nitrogens with two attached hydrogens (primary N) is 1. The lowest BCUT2D eigenvalue weighted by Gasteiger charge is -2.10. The summed E-state index contributed by atoms with van der Waals surface area (Å²) < 4.78 is 4.77. The lowest BCUT2D eigenvalue weighted by atomic mass is 10.1. The normalized spacial score (nSPS) is 9.80. The van der Waals surface area contributed by atoms with Crippen molar-refractivity contribution in [2.45, 2.75) is 20.8 Å². The van der Waals surface area contributed by atoms with E-state index in [2.05, 4.69) is 5.32 Å². The third kappa shape index (κ3) is 2.87. The second-order valence-electron chi connectivity index (χ2n) is 3.37. The zero-order valence-corrected chi connectivity index (χ0v) is 9.26. The van der Waals surface area contributed by atoms with Crippen LogP contribution in [0, 0.1) is 13.8 Å². The molecule has 0 aliphatic heterocycles. The van der Waals surface area contributed by atoms with Gasteiger partial charge in [0, 0.05) is 0 Å². The molecule has 82 valence electrons. The molecule has 0 bridgehead atoms. The van der Waals surface area contributed by atoms with Gasteiger partial charge in [-0.3, -0.25) is 5.32 Å². The van der Waals surface area contributed by atoms with Gasteiger partial charge in [0.15, 0.2) is 0 Å². The highest BCUT2D eigenvalue weighted by Gasteiger charge is 2.06. The molecule has 0 atom stereocenters. The molecule has 0 unspecified atom stereocenters. The van der Waals surface area contributed by atoms with Crippen LogP contribution in [0.2, 0.25) is 0 Å². The van der Waals surface area contributed by atoms with Crippen LogP contribution in [-0.4, -0.2) is 12.7 Å². The highest BCUT2D eigenvalue weighted by Crippen LogP contribution is 2.22. The van der Waals surface area contributed by atoms with Crippen molar-refractivity contribution in [3.05, 3.63) is 23.3 Å². The molecule has 0 aliphatic carbocycles. The molecule has 0 spiro atoms. The van der Waals surface area contributed by atoms with Gasteiger partial charge < -0.3 is 10.5 Å². The van der Waals surface area contributed by atoms with Crippen LogP contribution in [0.5, 0.6) is 0 Å². The van der Waals surface area contributed by atoms with Crippen LogP contribution in [0.3, 0.4) is 0 Å². The van der Waals surface area contributed by atoms with Crippen molar-refractivity contribution in [1.29, 1.82) is 0 Å². The number of aryl methyl sites for hydroxylation is 2. The molecular weight excluding hydrogens is 192 g/mol. The number of nitrogens with one attached hydrogen (secondary N) is 1. The molecule has 0 aliphatic rings. The van der Waals surface area contributed by atoms with Gasteiger partial charge in [-0.1, -0.05) is 0 Å². The fraction of sp³-hybridized carbons (Fsp3) is 0.364. The highest BCUT2D eigenvalue weighted by atomic mass is 16.5. The molecule has 4 heteroatoms. The summed E-state index contributed by atoms with van der Waals surface area (Å²) in [4.78, 5) is 11.2. The number of nitrogen functional groups attached to an aromatic ring is 1. The van der Waals surface area contributed by atoms with Crippen LogP contribution in [0.15, 0.2) is 12.1 Å². The van der Waals surface area contributed by atoms with Crippen molar-refractivity contribution in [1.82, 2.24) is 0 Å². The van der Waals surface area contributed by atoms with Crippen LogP contribution in [-0.2, 0) is 4.74 Å². The minimum absolute atomic E-state index is 0.344. The van der Waals surface area contributed by atoms with Gasteiger partial charge in [-0.25, -0.2) is 4.79 Å². The molecular formula is C11H16N2O2. The predicted octanol–water partition coefficient (Wildman–Crippen LogP) is 2.45. The van der Waals surface area contributed by atoms with Crippen LogP contribution < -0.4 is 11.1 Å². The van der Waals surface area contributed by atoms with Gasteiger partial charge in [-0.15, -0.1) is 0 Å². The molecule has 0 saturated heterocycles. The van der Waals surface area contributed by atoms with E-state index in [1.807, 2.05) is 26.0 Å². The zero-order valence-electron chi connectivity index (χ0n) is 9.26. The van der Waals surface area contributed by atoms with Gasteiger partial charge in [0.1, 0.15) is 0 Å². The fourth-order valence-electron chi connectivity index (χ4n) is 1.22. The summed E-state index contributed by atoms with van der Waals surface area (Å²) in [7, 11) is 0. The molecule has 15 heavy (non-hydrogen) atoms. The number of carbonyl (C=O) groups is 1. The molecule has 4 nitrogen and oxygen atoms in total. The summed E-state index contributed by atoms with van der Waals surface area (Å²) in [6, 6.07) is 3.67. The van der Waals surface area contributed by atoms with E-state index in [-0.39, 0.29) is 0 Å². The quantitative estimate of drug-likeness (QED) is 0.734. The first-order valence-corrected chi connectivity index (χ1v) is 4.85. The molecule has 0 saturated carbocycles. The Morgan fingerprint density at radius 3 is 2.60 bits per heavy atom. The average molecular weight is 208 g/mol. The number of benzene rings is 1. The lowest BCUT2D eigenvalue weighted by Crippen LogP contribution is -2.14. The largest absolute Gasteiger partial charge is 0.450 e. The Kier molecular flexibility index (Phi) is 3.55. The second-order valence-corrected chi connectivity index (χ2v) is 3.37. The molecule has 3 N–H and O–H groups in total. The first-order chi connectivity index (χ1) is 7.04. The smallest absolute Gasteiger partial charge is 0.411 e. The third-order valence-electron chi connectivity index (χ3n) is 2.18. The molecule has 0 fully saturated rings. The Bertz CT molecular complexity index is 375. The summed E-state index contributed by atoms with van der Waals surface area (Å²) >= 11 is 0. The van der Waals surface area contributed by atoms with Crippen LogP contribution in [0.4, 0.5) is 16.2 Å². The van der Waals surface area contributed by atoms with Crippen molar-refractivity contribution < 1.29 is 9.53 Å². The topological polar surface area (TPSA) is 64.3 Å². The van der Waals surface area contributed by atoms with Gasteiger partial charge in [0.25, 0.3) is 0 Å². The second kappa shape index (κ2) is 4.68. The Morgan fingerprint density at radius 1 is 1.40 bits per heavy atom. The summed E-state index contributed by atoms with van der Waals surface area (Å²) in [5.41, 5.74) is 9.08. The standard InChI is InChI=1S/C11H16N2O2/c1-4-15-11(14)13-10-6-8(3)7(2)5-9(10)12/h5-6H,4,12H2,1-3H3,(H,13,14). The van der Waals surface area contributed by atoms with Crippen molar-refractivity contribution >= 4 is 17.5 Å². The van der Waals surface area contributed by atoms with Gasteiger partial charge in [0.05, 0.1) is 18.0 Å². The van der Waals surface area contributed by atoms with Crippen molar-refractivity contribution in [3.8, 4) is 0 Å². The van der Waals surface area contributed by atoms with E-state index in [9.17, 15) is 4.79 Å². The number of anilines is 2. The Hall–Kier alpha value is -1.71. The molecule has 1 aromatic carbocycles. The maximum absolute atomic E-state index is 11.2. The predicted molar refractivity (Wildman–Crippen MR) is 61.0 cm³/mol. The van der Waals surface area contributed by atoms with Crippen molar-refractivity contribution in [3.63, 3.8) is 0 Å². The van der Waals surface area contributed by atoms with Crippen LogP contribution >= 0.6 is 0 Å². The van der Waals surface area contributed by atoms with Crippen molar-refractivity contribution in [2.24, 2.45) is 0 Å². The fourth-order valence-corrected chi connectivity index (χ4v) is 1.22. The summed E-state index contributed by atoms with van der Waals surface area (Å²) in [6.45, 7) is 6.03. The minimum atomic E-state index is -0.479. The Balaban J connectivity index is 2.86. The molecule has 0 aromatic heterocycles. The first kappa shape index (κ1) is 11.4. The van der Waals surface area contributed by atoms with Gasteiger partial charge in [-0.2, -0.15) is 0 Å². The Morgan fingerprint density at radius 2 is 2.00 bits per heavy atom. The van der Waals surface area contributed by atoms with E-state index < -0.39 is 6.09 Å². The molecule has 0 radical (unpaired) electrons. The van der Waals surface area contributed by atoms with Gasteiger partial charge in [0.2, 0.25) is 0 Å². The SMILES string of the molecule is CCOC(=O)Nc1cc(C)c(C)cc1N. The average Bonchev–Trinajstić information content (AvgIpc) is 2.14. The monoisotopic (exact) mass is 208 g/mol. The van der Waals surface area contributed by atoms with Crippen LogP contribution in [0.1, 0.15) is 18.1 Å². The van der Waals surface area contributed by atoms with E-state index in [4.69, 9.17) is 10.5 Å². The van der Waals surface area contributed by atoms with Crippen LogP contribution in [0.25, 0.3) is 0 Å². The summed E-state index contributed by atoms with van der Waals surface area (Å²) in [5.74, 6) is 0. The third-order valence-corrected chi connectivity index (χ3v) is 2.18. The highest BCUT2D eigenvalue weighted by molar-refractivity contribution is 5.89. The van der Waals surface area contributed by atoms with Gasteiger partial charge in [-0.05, 0) is 44.0 Å². The van der Waals surface area contributed by atoms with Crippen molar-refractivity contribution in [2.75, 3.05) is 17.7 Å². The maximum Gasteiger partial charge on any atom is 0.411 e. The Labute approximate surface area is 89.4 Å². The van der Waals surface area contributed by atoms with E-state index >= 15 is 0 Å². The molecule has 1 aromatic rings. The number of hydrogen-bond acceptors (Lipinski definition) is 3. The zero-order chi connectivity index (χ0) is 11.4. The first-order valence-electron chi connectivity index (χ1n) is 4.85.